The van der Waals surface area contributed by atoms with Crippen molar-refractivity contribution in [3.05, 3.63) is 135 Å². The Labute approximate surface area is 391 Å². The number of nitrogens with one attached hydrogen (secondary N) is 2. The number of piperazine rings is 1. The number of anilines is 1. The molecule has 9 rings (SSSR count). The number of unbranched alkanes of at least 4 members (excludes halogenated alkanes) is 3. The van der Waals surface area contributed by atoms with Gasteiger partial charge in [0, 0.05) is 85.2 Å². The zero-order valence-electron chi connectivity index (χ0n) is 37.8. The summed E-state index contributed by atoms with van der Waals surface area (Å²) in [4.78, 5) is 38.0. The summed E-state index contributed by atoms with van der Waals surface area (Å²) >= 11 is 1.56. The molecule has 344 valence electrons. The minimum atomic E-state index is -0.117. The number of thiophene rings is 1. The van der Waals surface area contributed by atoms with E-state index in [1.807, 2.05) is 33.0 Å². The van der Waals surface area contributed by atoms with Gasteiger partial charge in [0.25, 0.3) is 5.91 Å². The number of rotatable bonds is 18. The highest BCUT2D eigenvalue weighted by molar-refractivity contribution is 7.10. The lowest BCUT2D eigenvalue weighted by atomic mass is 10.0. The van der Waals surface area contributed by atoms with Gasteiger partial charge in [0.05, 0.1) is 36.2 Å². The first kappa shape index (κ1) is 45.1. The number of aliphatic hydroxyl groups excluding tert-OH is 1. The average Bonchev–Trinajstić information content (AvgIpc) is 4.01. The molecule has 1 atom stereocenters. The van der Waals surface area contributed by atoms with Crippen molar-refractivity contribution in [3.63, 3.8) is 0 Å². The summed E-state index contributed by atoms with van der Waals surface area (Å²) in [6.07, 6.45) is 10.7. The topological polar surface area (TPSA) is 137 Å². The summed E-state index contributed by atoms with van der Waals surface area (Å²) in [6.45, 7) is 8.73. The monoisotopic (exact) mass is 908 g/mol. The third kappa shape index (κ3) is 10.6. The highest BCUT2D eigenvalue weighted by atomic mass is 32.1. The maximum Gasteiger partial charge on any atom is 0.255 e. The van der Waals surface area contributed by atoms with Crippen molar-refractivity contribution in [1.82, 2.24) is 35.0 Å². The van der Waals surface area contributed by atoms with Crippen molar-refractivity contribution >= 4 is 34.6 Å². The van der Waals surface area contributed by atoms with Gasteiger partial charge in [-0.1, -0.05) is 73.2 Å². The van der Waals surface area contributed by atoms with Crippen LogP contribution in [0, 0.1) is 6.92 Å². The molecule has 3 aromatic carbocycles. The second-order valence-electron chi connectivity index (χ2n) is 17.4. The van der Waals surface area contributed by atoms with Crippen LogP contribution < -0.4 is 20.3 Å². The third-order valence-electron chi connectivity index (χ3n) is 12.9. The Morgan fingerprint density at radius 1 is 0.955 bits per heavy atom. The summed E-state index contributed by atoms with van der Waals surface area (Å²) in [5, 5.41) is 22.6. The van der Waals surface area contributed by atoms with E-state index in [0.717, 1.165) is 126 Å². The number of amides is 2. The van der Waals surface area contributed by atoms with Crippen molar-refractivity contribution in [3.8, 4) is 28.1 Å². The van der Waals surface area contributed by atoms with E-state index in [2.05, 4.69) is 106 Å². The number of fused-ring (bicyclic) bond motifs is 2. The molecule has 0 bridgehead atoms. The predicted molar refractivity (Wildman–Crippen MR) is 259 cm³/mol. The summed E-state index contributed by atoms with van der Waals surface area (Å²) in [6, 6.07) is 29.6. The predicted octanol–water partition coefficient (Wildman–Crippen LogP) is 7.74. The highest BCUT2D eigenvalue weighted by Crippen LogP contribution is 2.35. The Morgan fingerprint density at radius 2 is 1.79 bits per heavy atom. The second kappa shape index (κ2) is 21.5. The Bertz CT molecular complexity index is 2620. The van der Waals surface area contributed by atoms with Gasteiger partial charge in [0.15, 0.2) is 5.65 Å². The van der Waals surface area contributed by atoms with Crippen molar-refractivity contribution in [2.75, 3.05) is 57.6 Å². The van der Waals surface area contributed by atoms with E-state index < -0.39 is 0 Å². The number of nitrogens with zero attached hydrogens (tertiary/aromatic N) is 6. The molecule has 6 aromatic rings. The molecular formula is C52H60N8O5S. The molecule has 3 aliphatic heterocycles. The highest BCUT2D eigenvalue weighted by Gasteiger charge is 2.36. The number of hydrogen-bond donors (Lipinski definition) is 3. The van der Waals surface area contributed by atoms with E-state index in [4.69, 9.17) is 19.6 Å². The molecule has 0 spiro atoms. The van der Waals surface area contributed by atoms with E-state index in [1.54, 1.807) is 11.3 Å². The summed E-state index contributed by atoms with van der Waals surface area (Å²) in [7, 11) is 0. The molecule has 3 aliphatic rings. The van der Waals surface area contributed by atoms with Crippen molar-refractivity contribution in [1.29, 1.82) is 0 Å². The lowest BCUT2D eigenvalue weighted by Crippen LogP contribution is -2.47. The second-order valence-corrected chi connectivity index (χ2v) is 18.4. The number of β-amino-alcohol motifs (C(OH)–C–C–N with tert-alkyl or cyclic N) is 1. The zero-order valence-corrected chi connectivity index (χ0v) is 38.6. The van der Waals surface area contributed by atoms with Gasteiger partial charge in [0.2, 0.25) is 5.91 Å². The number of allylic oxidation sites excluding steroid dienone is 1. The maximum atomic E-state index is 13.2. The molecule has 0 radical (unpaired) electrons. The molecule has 3 N–H and O–H groups in total. The van der Waals surface area contributed by atoms with Crippen LogP contribution in [0.4, 0.5) is 5.82 Å². The summed E-state index contributed by atoms with van der Waals surface area (Å²) in [5.74, 6) is 1.81. The van der Waals surface area contributed by atoms with Crippen LogP contribution in [-0.4, -0.2) is 100 Å². The number of aryl methyl sites for hydroxylation is 2. The van der Waals surface area contributed by atoms with Crippen LogP contribution in [0.2, 0.25) is 0 Å². The Morgan fingerprint density at radius 3 is 2.62 bits per heavy atom. The molecule has 2 fully saturated rings. The van der Waals surface area contributed by atoms with Crippen molar-refractivity contribution < 1.29 is 24.2 Å². The van der Waals surface area contributed by atoms with Crippen LogP contribution in [0.5, 0.6) is 5.75 Å². The average molecular weight is 909 g/mol. The molecule has 2 saturated heterocycles. The minimum absolute atomic E-state index is 0.00864. The largest absolute Gasteiger partial charge is 0.488 e. The van der Waals surface area contributed by atoms with Crippen LogP contribution in [0.1, 0.15) is 76.1 Å². The Balaban J connectivity index is 0.726. The fraction of sp³-hybridized carbons (Fsp3) is 0.385. The molecule has 0 saturated carbocycles. The number of carbonyl (C=O) groups excluding carboxylic acids is 2. The number of ether oxygens (including phenoxy) is 2. The number of carbonyl (C=O) groups is 2. The Hall–Kier alpha value is -6.06. The zero-order chi connectivity index (χ0) is 45.2. The normalized spacial score (nSPS) is 17.0. The first-order valence-corrected chi connectivity index (χ1v) is 24.3. The fourth-order valence-corrected chi connectivity index (χ4v) is 10.2. The van der Waals surface area contributed by atoms with Gasteiger partial charge in [-0.25, -0.2) is 4.98 Å². The number of aliphatic hydroxyl groups is 1. The van der Waals surface area contributed by atoms with E-state index >= 15 is 0 Å². The van der Waals surface area contributed by atoms with Gasteiger partial charge in [-0.3, -0.25) is 14.5 Å². The van der Waals surface area contributed by atoms with E-state index in [1.165, 1.54) is 11.1 Å². The molecule has 66 heavy (non-hydrogen) atoms. The maximum absolute atomic E-state index is 13.2. The molecule has 14 heteroatoms. The van der Waals surface area contributed by atoms with Gasteiger partial charge in [-0.15, -0.1) is 11.3 Å². The molecule has 3 aromatic heterocycles. The third-order valence-corrected chi connectivity index (χ3v) is 13.9. The number of aromatic nitrogens is 3. The van der Waals surface area contributed by atoms with Gasteiger partial charge in [-0.2, -0.15) is 9.61 Å². The first-order chi connectivity index (χ1) is 32.4. The lowest BCUT2D eigenvalue weighted by Gasteiger charge is -2.35. The van der Waals surface area contributed by atoms with Gasteiger partial charge < -0.3 is 35.0 Å². The smallest absolute Gasteiger partial charge is 0.255 e. The molecule has 1 unspecified atom stereocenters. The summed E-state index contributed by atoms with van der Waals surface area (Å²) in [5.41, 5.74) is 10.3. The van der Waals surface area contributed by atoms with E-state index in [9.17, 15) is 14.7 Å². The van der Waals surface area contributed by atoms with E-state index in [-0.39, 0.29) is 31.2 Å². The molecule has 13 nitrogen and oxygen atoms in total. The van der Waals surface area contributed by atoms with Gasteiger partial charge in [0.1, 0.15) is 24.9 Å². The quantitative estimate of drug-likeness (QED) is 0.0736. The molecular weight excluding hydrogens is 849 g/mol. The van der Waals surface area contributed by atoms with Crippen molar-refractivity contribution in [2.45, 2.75) is 77.6 Å². The fourth-order valence-electron chi connectivity index (χ4n) is 9.25. The number of hydrogen-bond acceptors (Lipinski definition) is 11. The van der Waals surface area contributed by atoms with Crippen LogP contribution in [0.15, 0.2) is 103 Å². The minimum Gasteiger partial charge on any atom is -0.488 e. The van der Waals surface area contributed by atoms with Crippen LogP contribution in [-0.2, 0) is 35.6 Å². The molecule has 2 amide bonds. The standard InChI is InChI=1S/C52H60N8O5S/c1-37-50(40-13-7-5-8-14-40)51-55-46(30-49(60(51)56-37)58-25-23-57(24-26-58)27-28-61)41-15-10-12-38(29-41)11-6-3-2-4-9-22-53-31-39-16-19-43(20-17-39)65-34-47-44-32-59(52(63)45(44)35-66-47)42-18-21-48(62)54-36-64-33-42/h5,7-10,12-17,19-20,22,29-30,35,42,53,61H,2-4,6,11,18,21,23-28,31-34,36H2,1H3,(H,54,62)/b22-9+. The Kier molecular flexibility index (Phi) is 14.7. The van der Waals surface area contributed by atoms with Crippen molar-refractivity contribution in [2.24, 2.45) is 0 Å². The van der Waals surface area contributed by atoms with Crippen LogP contribution >= 0.6 is 11.3 Å². The molecule has 0 aliphatic carbocycles. The van der Waals surface area contributed by atoms with Crippen LogP contribution in [0.3, 0.4) is 0 Å². The number of benzene rings is 3. The van der Waals surface area contributed by atoms with E-state index in [0.29, 0.717) is 39.1 Å². The first-order valence-electron chi connectivity index (χ1n) is 23.4. The lowest BCUT2D eigenvalue weighted by molar-refractivity contribution is -0.124. The SMILES string of the molecule is Cc1nn2c(N3CCN(CCO)CC3)cc(-c3cccc(CCCCC/C=C/NCc4ccc(OCc5scc6c5CN(C5CCC(=O)NCOC5)C6=O)cc4)c3)nc2c1-c1ccccc1. The van der Waals surface area contributed by atoms with Gasteiger partial charge >= 0.3 is 0 Å². The van der Waals surface area contributed by atoms with Gasteiger partial charge in [-0.05, 0) is 80.1 Å². The van der Waals surface area contributed by atoms with Crippen LogP contribution in [0.25, 0.3) is 28.0 Å². The molecule has 6 heterocycles. The summed E-state index contributed by atoms with van der Waals surface area (Å²) < 4.78 is 13.8.